The molecular weight excluding hydrogens is 556 g/mol. The second kappa shape index (κ2) is 30.7. The van der Waals surface area contributed by atoms with E-state index in [1.165, 1.54) is 205 Å². The highest BCUT2D eigenvalue weighted by molar-refractivity contribution is 5.15. The number of imidazole rings is 1. The molecule has 1 aromatic carbocycles. The number of hydrogen-bond donors (Lipinski definition) is 0. The fraction of sp³-hybridized carbons (Fsp3) is 0.795. The summed E-state index contributed by atoms with van der Waals surface area (Å²) in [5.74, 6) is 0.691. The number of rotatable bonds is 34. The third kappa shape index (κ3) is 22.1. The summed E-state index contributed by atoms with van der Waals surface area (Å²) in [6, 6.07) is 11.9. The maximum atomic E-state index is 4.48. The topological polar surface area (TPSA) is 17.8 Å². The minimum absolute atomic E-state index is 0.571. The Bertz CT molecular complexity index is 844. The molecule has 264 valence electrons. The van der Waals surface area contributed by atoms with Gasteiger partial charge in [-0.3, -0.25) is 0 Å². The average molecular weight is 635 g/mol. The van der Waals surface area contributed by atoms with Gasteiger partial charge in [0.2, 0.25) is 0 Å². The summed E-state index contributed by atoms with van der Waals surface area (Å²) in [7, 11) is 0. The van der Waals surface area contributed by atoms with Crippen LogP contribution in [0.25, 0.3) is 0 Å². The Balaban J connectivity index is 1.64. The standard InChI is InChI=1S/C44H78N2/c1-3-5-7-9-11-13-15-17-18-19-20-21-23-25-27-32-36-43(40-42-34-30-29-31-35-42)44(46-39-38-45-41-46)37-33-28-26-24-22-16-14-12-10-8-6-4-2/h29-31,34-35,38-39,41,43-44H,3-28,32-33,36-37,40H2,1-2H3. The van der Waals surface area contributed by atoms with E-state index in [4.69, 9.17) is 0 Å². The van der Waals surface area contributed by atoms with E-state index < -0.39 is 0 Å². The average Bonchev–Trinajstić information content (AvgIpc) is 3.62. The lowest BCUT2D eigenvalue weighted by molar-refractivity contribution is 0.275. The van der Waals surface area contributed by atoms with Crippen LogP contribution in [0.15, 0.2) is 49.1 Å². The molecular formula is C44H78N2. The molecule has 0 saturated heterocycles. The normalized spacial score (nSPS) is 12.9. The third-order valence-corrected chi connectivity index (χ3v) is 10.6. The molecule has 1 aromatic heterocycles. The highest BCUT2D eigenvalue weighted by Gasteiger charge is 2.23. The molecule has 0 saturated carbocycles. The second-order valence-corrected chi connectivity index (χ2v) is 14.8. The van der Waals surface area contributed by atoms with E-state index >= 15 is 0 Å². The van der Waals surface area contributed by atoms with Gasteiger partial charge in [0.1, 0.15) is 0 Å². The van der Waals surface area contributed by atoms with Crippen molar-refractivity contribution in [1.82, 2.24) is 9.55 Å². The second-order valence-electron chi connectivity index (χ2n) is 14.8. The van der Waals surface area contributed by atoms with Crippen LogP contribution in [0.4, 0.5) is 0 Å². The molecule has 46 heavy (non-hydrogen) atoms. The summed E-state index contributed by atoms with van der Waals surface area (Å²) < 4.78 is 2.46. The van der Waals surface area contributed by atoms with Crippen LogP contribution in [0.5, 0.6) is 0 Å². The van der Waals surface area contributed by atoms with E-state index in [1.54, 1.807) is 0 Å². The van der Waals surface area contributed by atoms with Crippen LogP contribution in [0.1, 0.15) is 218 Å². The lowest BCUT2D eigenvalue weighted by Crippen LogP contribution is -2.21. The molecule has 0 spiro atoms. The van der Waals surface area contributed by atoms with E-state index in [2.05, 4.69) is 66.3 Å². The van der Waals surface area contributed by atoms with E-state index in [0.29, 0.717) is 12.0 Å². The maximum Gasteiger partial charge on any atom is 0.0948 e. The fourth-order valence-corrected chi connectivity index (χ4v) is 7.59. The molecule has 0 N–H and O–H groups in total. The van der Waals surface area contributed by atoms with Crippen molar-refractivity contribution in [3.05, 3.63) is 54.6 Å². The fourth-order valence-electron chi connectivity index (χ4n) is 7.59. The zero-order chi connectivity index (χ0) is 32.6. The molecule has 0 bridgehead atoms. The number of nitrogens with zero attached hydrogens (tertiary/aromatic N) is 2. The van der Waals surface area contributed by atoms with Gasteiger partial charge in [-0.2, -0.15) is 0 Å². The Hall–Kier alpha value is -1.57. The van der Waals surface area contributed by atoms with Crippen molar-refractivity contribution in [3.63, 3.8) is 0 Å². The zero-order valence-corrected chi connectivity index (χ0v) is 31.1. The van der Waals surface area contributed by atoms with Gasteiger partial charge in [-0.25, -0.2) is 4.98 Å². The lowest BCUT2D eigenvalue weighted by Gasteiger charge is -2.29. The third-order valence-electron chi connectivity index (χ3n) is 10.6. The van der Waals surface area contributed by atoms with Crippen molar-refractivity contribution in [2.24, 2.45) is 5.92 Å². The molecule has 0 aliphatic carbocycles. The number of unbranched alkanes of at least 4 members (excludes halogenated alkanes) is 26. The SMILES string of the molecule is CCCCCCCCCCCCCCCCCCC(Cc1ccccc1)C(CCCCCCCCCCCCCC)n1ccnc1. The molecule has 0 fully saturated rings. The predicted octanol–water partition coefficient (Wildman–Crippen LogP) is 15.0. The summed E-state index contributed by atoms with van der Waals surface area (Å²) in [5.41, 5.74) is 1.50. The van der Waals surface area contributed by atoms with E-state index in [-0.39, 0.29) is 0 Å². The molecule has 2 rings (SSSR count). The van der Waals surface area contributed by atoms with Crippen LogP contribution < -0.4 is 0 Å². The minimum Gasteiger partial charge on any atom is -0.334 e. The summed E-state index contributed by atoms with van der Waals surface area (Å²) in [6.45, 7) is 4.62. The number of aromatic nitrogens is 2. The molecule has 2 aromatic rings. The highest BCUT2D eigenvalue weighted by Crippen LogP contribution is 2.32. The van der Waals surface area contributed by atoms with Crippen molar-refractivity contribution in [3.8, 4) is 0 Å². The van der Waals surface area contributed by atoms with E-state index in [1.807, 2.05) is 6.20 Å². The molecule has 2 atom stereocenters. The van der Waals surface area contributed by atoms with Crippen LogP contribution in [-0.2, 0) is 6.42 Å². The molecule has 1 heterocycles. The zero-order valence-electron chi connectivity index (χ0n) is 31.1. The van der Waals surface area contributed by atoms with Crippen molar-refractivity contribution >= 4 is 0 Å². The van der Waals surface area contributed by atoms with Gasteiger partial charge < -0.3 is 4.57 Å². The van der Waals surface area contributed by atoms with Gasteiger partial charge in [-0.05, 0) is 30.7 Å². The Morgan fingerprint density at radius 1 is 0.478 bits per heavy atom. The Labute approximate surface area is 288 Å². The van der Waals surface area contributed by atoms with Gasteiger partial charge in [0.25, 0.3) is 0 Å². The quantitative estimate of drug-likeness (QED) is 0.0700. The first-order valence-electron chi connectivity index (χ1n) is 20.9. The maximum absolute atomic E-state index is 4.48. The van der Waals surface area contributed by atoms with Gasteiger partial charge >= 0.3 is 0 Å². The molecule has 2 nitrogen and oxygen atoms in total. The summed E-state index contributed by atoms with van der Waals surface area (Å²) >= 11 is 0. The molecule has 2 unspecified atom stereocenters. The van der Waals surface area contributed by atoms with Crippen LogP contribution in [0.2, 0.25) is 0 Å². The van der Waals surface area contributed by atoms with E-state index in [0.717, 1.165) is 0 Å². The minimum atomic E-state index is 0.571. The van der Waals surface area contributed by atoms with Gasteiger partial charge in [-0.15, -0.1) is 0 Å². The van der Waals surface area contributed by atoms with Gasteiger partial charge in [0, 0.05) is 18.4 Å². The highest BCUT2D eigenvalue weighted by atomic mass is 15.1. The van der Waals surface area contributed by atoms with Gasteiger partial charge in [0.15, 0.2) is 0 Å². The van der Waals surface area contributed by atoms with Gasteiger partial charge in [-0.1, -0.05) is 224 Å². The van der Waals surface area contributed by atoms with E-state index in [9.17, 15) is 0 Å². The summed E-state index contributed by atoms with van der Waals surface area (Å²) in [6.07, 6.45) is 50.2. The Morgan fingerprint density at radius 3 is 1.26 bits per heavy atom. The van der Waals surface area contributed by atoms with Crippen molar-refractivity contribution in [2.75, 3.05) is 0 Å². The molecule has 0 radical (unpaired) electrons. The monoisotopic (exact) mass is 635 g/mol. The number of hydrogen-bond acceptors (Lipinski definition) is 1. The molecule has 0 aliphatic heterocycles. The predicted molar refractivity (Wildman–Crippen MR) is 205 cm³/mol. The first-order valence-corrected chi connectivity index (χ1v) is 20.9. The number of benzene rings is 1. The van der Waals surface area contributed by atoms with Gasteiger partial charge in [0.05, 0.1) is 6.33 Å². The smallest absolute Gasteiger partial charge is 0.0948 e. The summed E-state index contributed by atoms with van der Waals surface area (Å²) in [4.78, 5) is 4.48. The molecule has 2 heteroatoms. The summed E-state index contributed by atoms with van der Waals surface area (Å²) in [5, 5.41) is 0. The Kier molecular flexibility index (Phi) is 27.1. The van der Waals surface area contributed by atoms with Crippen molar-refractivity contribution in [2.45, 2.75) is 219 Å². The largest absolute Gasteiger partial charge is 0.334 e. The Morgan fingerprint density at radius 2 is 0.870 bits per heavy atom. The van der Waals surface area contributed by atoms with Crippen LogP contribution in [-0.4, -0.2) is 9.55 Å². The van der Waals surface area contributed by atoms with Crippen molar-refractivity contribution < 1.29 is 0 Å². The van der Waals surface area contributed by atoms with Crippen molar-refractivity contribution in [1.29, 1.82) is 0 Å². The molecule has 0 aliphatic rings. The first-order chi connectivity index (χ1) is 22.8. The molecule has 0 amide bonds. The van der Waals surface area contributed by atoms with Crippen LogP contribution in [0.3, 0.4) is 0 Å². The van der Waals surface area contributed by atoms with Crippen LogP contribution >= 0.6 is 0 Å². The van der Waals surface area contributed by atoms with Crippen LogP contribution in [0, 0.1) is 5.92 Å². The lowest BCUT2D eigenvalue weighted by atomic mass is 9.84. The first kappa shape index (κ1) is 40.6.